The third kappa shape index (κ3) is 2.60. The van der Waals surface area contributed by atoms with Crippen molar-refractivity contribution >= 4 is 17.6 Å². The van der Waals surface area contributed by atoms with E-state index in [1.165, 1.54) is 0 Å². The molecule has 1 aliphatic carbocycles. The molecule has 0 unspecified atom stereocenters. The number of carbonyl (C=O) groups is 1. The molecule has 0 bridgehead atoms. The van der Waals surface area contributed by atoms with Crippen LogP contribution in [0.3, 0.4) is 0 Å². The number of nitrogens with zero attached hydrogens (tertiary/aromatic N) is 1. The van der Waals surface area contributed by atoms with E-state index in [4.69, 9.17) is 11.6 Å². The molecule has 0 atom stereocenters. The van der Waals surface area contributed by atoms with Crippen molar-refractivity contribution in [1.29, 1.82) is 0 Å². The van der Waals surface area contributed by atoms with Gasteiger partial charge in [-0.05, 0) is 30.9 Å². The highest BCUT2D eigenvalue weighted by Gasteiger charge is 2.39. The Labute approximate surface area is 106 Å². The topological polar surface area (TPSA) is 50.2 Å². The molecule has 4 heteroatoms. The molecule has 2 rings (SSSR count). The fraction of sp³-hybridized carbons (Fsp3) is 0.538. The molecule has 1 saturated carbocycles. The van der Waals surface area contributed by atoms with Crippen LogP contribution in [0.4, 0.5) is 0 Å². The lowest BCUT2D eigenvalue weighted by Crippen LogP contribution is -2.35. The van der Waals surface area contributed by atoms with E-state index in [0.717, 1.165) is 37.7 Å². The molecule has 0 spiro atoms. The van der Waals surface area contributed by atoms with Gasteiger partial charge in [-0.3, -0.25) is 9.78 Å². The molecule has 0 saturated heterocycles. The summed E-state index contributed by atoms with van der Waals surface area (Å²) >= 11 is 6.05. The van der Waals surface area contributed by atoms with Crippen LogP contribution in [0.2, 0.25) is 5.02 Å². The quantitative estimate of drug-likeness (QED) is 0.899. The molecule has 3 nitrogen and oxygen atoms in total. The maximum absolute atomic E-state index is 11.5. The first-order valence-corrected chi connectivity index (χ1v) is 6.34. The third-order valence-electron chi connectivity index (χ3n) is 3.65. The van der Waals surface area contributed by atoms with Crippen molar-refractivity contribution in [1.82, 2.24) is 4.98 Å². The molecule has 0 aliphatic heterocycles. The largest absolute Gasteiger partial charge is 0.481 e. The minimum Gasteiger partial charge on any atom is -0.481 e. The zero-order valence-corrected chi connectivity index (χ0v) is 10.4. The summed E-state index contributed by atoms with van der Waals surface area (Å²) in [7, 11) is 0. The highest BCUT2D eigenvalue weighted by Crippen LogP contribution is 2.40. The van der Waals surface area contributed by atoms with Crippen LogP contribution in [-0.2, 0) is 11.2 Å². The zero-order chi connectivity index (χ0) is 12.3. The summed E-state index contributed by atoms with van der Waals surface area (Å²) in [6, 6.07) is 1.82. The number of carboxylic acid groups (broad SMARTS) is 1. The molecule has 1 N–H and O–H groups in total. The van der Waals surface area contributed by atoms with Crippen LogP contribution < -0.4 is 0 Å². The molecule has 0 radical (unpaired) electrons. The second-order valence-electron chi connectivity index (χ2n) is 4.79. The summed E-state index contributed by atoms with van der Waals surface area (Å²) in [6.45, 7) is 0. The number of aliphatic carboxylic acids is 1. The Hall–Kier alpha value is -1.09. The minimum atomic E-state index is -0.690. The first kappa shape index (κ1) is 12.4. The number of rotatable bonds is 3. The Kier molecular flexibility index (Phi) is 3.67. The summed E-state index contributed by atoms with van der Waals surface area (Å²) < 4.78 is 0. The molecule has 0 amide bonds. The minimum absolute atomic E-state index is 0.518. The lowest BCUT2D eigenvalue weighted by Gasteiger charge is -2.33. The van der Waals surface area contributed by atoms with E-state index in [-0.39, 0.29) is 0 Å². The maximum atomic E-state index is 11.5. The van der Waals surface area contributed by atoms with E-state index < -0.39 is 11.4 Å². The number of hydrogen-bond donors (Lipinski definition) is 1. The number of hydrogen-bond acceptors (Lipinski definition) is 2. The highest BCUT2D eigenvalue weighted by atomic mass is 35.5. The van der Waals surface area contributed by atoms with Crippen molar-refractivity contribution in [2.45, 2.75) is 38.5 Å². The average molecular weight is 254 g/mol. The summed E-state index contributed by atoms with van der Waals surface area (Å²) in [5, 5.41) is 10.1. The van der Waals surface area contributed by atoms with E-state index >= 15 is 0 Å². The van der Waals surface area contributed by atoms with Crippen LogP contribution in [-0.4, -0.2) is 16.1 Å². The van der Waals surface area contributed by atoms with Crippen LogP contribution in [0.1, 0.15) is 37.7 Å². The Morgan fingerprint density at radius 2 is 2.12 bits per heavy atom. The van der Waals surface area contributed by atoms with Crippen molar-refractivity contribution in [3.05, 3.63) is 29.0 Å². The summed E-state index contributed by atoms with van der Waals surface area (Å²) in [5.41, 5.74) is 0.273. The highest BCUT2D eigenvalue weighted by molar-refractivity contribution is 6.31. The molecule has 1 aromatic rings. The molecule has 1 aliphatic rings. The number of halogens is 1. The SMILES string of the molecule is O=C(O)C1(Cc2ccncc2Cl)CCCCC1. The smallest absolute Gasteiger partial charge is 0.309 e. The van der Waals surface area contributed by atoms with Crippen molar-refractivity contribution in [3.8, 4) is 0 Å². The standard InChI is InChI=1S/C13H16ClNO2/c14-11-9-15-7-4-10(11)8-13(12(16)17)5-2-1-3-6-13/h4,7,9H,1-3,5-6,8H2,(H,16,17). The van der Waals surface area contributed by atoms with Gasteiger partial charge in [0.05, 0.1) is 10.4 Å². The van der Waals surface area contributed by atoms with E-state index in [1.54, 1.807) is 12.4 Å². The Balaban J connectivity index is 2.24. The van der Waals surface area contributed by atoms with Gasteiger partial charge in [0.2, 0.25) is 0 Å². The number of aromatic nitrogens is 1. The van der Waals surface area contributed by atoms with Crippen molar-refractivity contribution < 1.29 is 9.90 Å². The Morgan fingerprint density at radius 3 is 2.71 bits per heavy atom. The van der Waals surface area contributed by atoms with Gasteiger partial charge in [0.1, 0.15) is 0 Å². The second kappa shape index (κ2) is 5.05. The van der Waals surface area contributed by atoms with Gasteiger partial charge in [-0.25, -0.2) is 0 Å². The first-order valence-electron chi connectivity index (χ1n) is 5.96. The van der Waals surface area contributed by atoms with Crippen LogP contribution in [0.15, 0.2) is 18.5 Å². The van der Waals surface area contributed by atoms with Crippen LogP contribution in [0, 0.1) is 5.41 Å². The van der Waals surface area contributed by atoms with E-state index in [9.17, 15) is 9.90 Å². The fourth-order valence-electron chi connectivity index (χ4n) is 2.61. The van der Waals surface area contributed by atoms with Gasteiger partial charge in [0.25, 0.3) is 0 Å². The van der Waals surface area contributed by atoms with Crippen LogP contribution in [0.5, 0.6) is 0 Å². The lowest BCUT2D eigenvalue weighted by atomic mass is 9.70. The molecule has 1 heterocycles. The lowest BCUT2D eigenvalue weighted by molar-refractivity contribution is -0.151. The zero-order valence-electron chi connectivity index (χ0n) is 9.66. The van der Waals surface area contributed by atoms with Crippen molar-refractivity contribution in [2.24, 2.45) is 5.41 Å². The molecule has 92 valence electrons. The van der Waals surface area contributed by atoms with E-state index in [0.29, 0.717) is 11.4 Å². The van der Waals surface area contributed by atoms with Gasteiger partial charge < -0.3 is 5.11 Å². The molecule has 1 fully saturated rings. The Morgan fingerprint density at radius 1 is 1.41 bits per heavy atom. The van der Waals surface area contributed by atoms with Gasteiger partial charge in [0.15, 0.2) is 0 Å². The Bertz CT molecular complexity index is 414. The maximum Gasteiger partial charge on any atom is 0.309 e. The summed E-state index contributed by atoms with van der Waals surface area (Å²) in [5.74, 6) is -0.690. The number of carboxylic acids is 1. The van der Waals surface area contributed by atoms with Gasteiger partial charge >= 0.3 is 5.97 Å². The van der Waals surface area contributed by atoms with Crippen LogP contribution in [0.25, 0.3) is 0 Å². The molecular formula is C13H16ClNO2. The average Bonchev–Trinajstić information content (AvgIpc) is 2.33. The first-order chi connectivity index (χ1) is 8.14. The summed E-state index contributed by atoms with van der Waals surface area (Å²) in [4.78, 5) is 15.5. The van der Waals surface area contributed by atoms with Crippen molar-refractivity contribution in [3.63, 3.8) is 0 Å². The van der Waals surface area contributed by atoms with Gasteiger partial charge in [-0.1, -0.05) is 30.9 Å². The number of pyridine rings is 1. The normalized spacial score (nSPS) is 18.9. The van der Waals surface area contributed by atoms with E-state index in [1.807, 2.05) is 6.07 Å². The van der Waals surface area contributed by atoms with Gasteiger partial charge in [0, 0.05) is 12.4 Å². The molecule has 17 heavy (non-hydrogen) atoms. The van der Waals surface area contributed by atoms with Gasteiger partial charge in [-0.15, -0.1) is 0 Å². The summed E-state index contributed by atoms with van der Waals surface area (Å²) in [6.07, 6.45) is 8.39. The second-order valence-corrected chi connectivity index (χ2v) is 5.20. The monoisotopic (exact) mass is 253 g/mol. The molecule has 0 aromatic carbocycles. The third-order valence-corrected chi connectivity index (χ3v) is 3.99. The fourth-order valence-corrected chi connectivity index (χ4v) is 2.79. The molecule has 1 aromatic heterocycles. The predicted octanol–water partition coefficient (Wildman–Crippen LogP) is 3.31. The van der Waals surface area contributed by atoms with Crippen molar-refractivity contribution in [2.75, 3.05) is 0 Å². The van der Waals surface area contributed by atoms with Crippen LogP contribution >= 0.6 is 11.6 Å². The van der Waals surface area contributed by atoms with E-state index in [2.05, 4.69) is 4.98 Å². The predicted molar refractivity (Wildman–Crippen MR) is 66.1 cm³/mol. The molecular weight excluding hydrogens is 238 g/mol. The van der Waals surface area contributed by atoms with Gasteiger partial charge in [-0.2, -0.15) is 0 Å².